The lowest BCUT2D eigenvalue weighted by Crippen LogP contribution is -2.50. The summed E-state index contributed by atoms with van der Waals surface area (Å²) in [6.07, 6.45) is 1.59. The Morgan fingerprint density at radius 2 is 2.21 bits per heavy atom. The van der Waals surface area contributed by atoms with Crippen molar-refractivity contribution in [3.05, 3.63) is 40.5 Å². The summed E-state index contributed by atoms with van der Waals surface area (Å²) in [5.74, 6) is -0.243. The number of likely N-dealkylation sites (tertiary alicyclic amines) is 1. The number of carbonyl (C=O) groups excluding carboxylic acids is 1. The molecule has 2 aromatic rings. The fourth-order valence-corrected chi connectivity index (χ4v) is 4.23. The summed E-state index contributed by atoms with van der Waals surface area (Å²) in [4.78, 5) is 18.3. The minimum atomic E-state index is -0.383. The summed E-state index contributed by atoms with van der Waals surface area (Å²) in [5.41, 5.74) is 1.41. The van der Waals surface area contributed by atoms with Crippen LogP contribution in [0.15, 0.2) is 29.6 Å². The van der Waals surface area contributed by atoms with Crippen molar-refractivity contribution < 1.29 is 13.9 Å². The first-order chi connectivity index (χ1) is 11.6. The van der Waals surface area contributed by atoms with Gasteiger partial charge in [0.15, 0.2) is 0 Å². The van der Waals surface area contributed by atoms with E-state index in [4.69, 9.17) is 4.74 Å². The molecule has 0 bridgehead atoms. The monoisotopic (exact) mass is 347 g/mol. The second-order valence-electron chi connectivity index (χ2n) is 6.37. The number of nitrogens with one attached hydrogen (secondary N) is 1. The second-order valence-corrected chi connectivity index (χ2v) is 7.32. The van der Waals surface area contributed by atoms with Crippen LogP contribution in [-0.2, 0) is 11.3 Å². The topological polar surface area (TPSA) is 54.5 Å². The molecule has 7 heteroatoms. The number of alkyl carbamates (subject to hydrolysis) is 1. The first-order valence-electron chi connectivity index (χ1n) is 8.01. The molecule has 1 amide bonds. The van der Waals surface area contributed by atoms with Gasteiger partial charge in [0.1, 0.15) is 16.4 Å². The average molecular weight is 347 g/mol. The van der Waals surface area contributed by atoms with E-state index in [9.17, 15) is 9.18 Å². The summed E-state index contributed by atoms with van der Waals surface area (Å²) in [7, 11) is 0. The highest BCUT2D eigenvalue weighted by atomic mass is 32.1. The van der Waals surface area contributed by atoms with Crippen LogP contribution in [0.5, 0.6) is 0 Å². The maximum absolute atomic E-state index is 13.0. The molecular weight excluding hydrogens is 329 g/mol. The fraction of sp³-hybridized carbons (Fsp3) is 0.412. The molecule has 4 rings (SSSR count). The summed E-state index contributed by atoms with van der Waals surface area (Å²) >= 11 is 1.60. The number of benzene rings is 1. The van der Waals surface area contributed by atoms with Crippen molar-refractivity contribution in [2.24, 2.45) is 0 Å². The molecule has 2 aliphatic heterocycles. The van der Waals surface area contributed by atoms with Crippen LogP contribution in [0.4, 0.5) is 9.18 Å². The van der Waals surface area contributed by atoms with Crippen LogP contribution in [0.2, 0.25) is 0 Å². The number of nitrogens with zero attached hydrogens (tertiary/aromatic N) is 2. The normalized spacial score (nSPS) is 24.1. The van der Waals surface area contributed by atoms with Crippen molar-refractivity contribution in [1.29, 1.82) is 0 Å². The van der Waals surface area contributed by atoms with E-state index >= 15 is 0 Å². The van der Waals surface area contributed by atoms with Crippen LogP contribution in [0, 0.1) is 5.82 Å². The molecule has 126 valence electrons. The van der Waals surface area contributed by atoms with Gasteiger partial charge in [-0.05, 0) is 43.7 Å². The number of halogens is 1. The van der Waals surface area contributed by atoms with E-state index in [1.165, 1.54) is 12.1 Å². The molecule has 0 unspecified atom stereocenters. The molecule has 0 aliphatic carbocycles. The second kappa shape index (κ2) is 6.14. The molecule has 5 nitrogen and oxygen atoms in total. The third-order valence-corrected chi connectivity index (χ3v) is 5.37. The van der Waals surface area contributed by atoms with Crippen LogP contribution in [0.25, 0.3) is 11.3 Å². The number of thiazole rings is 1. The summed E-state index contributed by atoms with van der Waals surface area (Å²) in [6.45, 7) is 3.04. The Labute approximate surface area is 143 Å². The van der Waals surface area contributed by atoms with Crippen molar-refractivity contribution in [2.45, 2.75) is 25.0 Å². The number of amides is 1. The number of rotatable bonds is 3. The van der Waals surface area contributed by atoms with Gasteiger partial charge in [-0.15, -0.1) is 11.3 Å². The smallest absolute Gasteiger partial charge is 0.407 e. The Kier molecular flexibility index (Phi) is 3.97. The van der Waals surface area contributed by atoms with Crippen LogP contribution in [0.3, 0.4) is 0 Å². The quantitative estimate of drug-likeness (QED) is 0.927. The Hall–Kier alpha value is -1.99. The minimum Gasteiger partial charge on any atom is -0.440 e. The molecule has 3 heterocycles. The van der Waals surface area contributed by atoms with E-state index in [1.807, 2.05) is 5.38 Å². The number of piperidine rings is 1. The maximum atomic E-state index is 13.0. The van der Waals surface area contributed by atoms with Gasteiger partial charge in [0.2, 0.25) is 0 Å². The maximum Gasteiger partial charge on any atom is 0.407 e. The third-order valence-electron chi connectivity index (χ3n) is 4.53. The van der Waals surface area contributed by atoms with Crippen molar-refractivity contribution in [2.75, 3.05) is 19.6 Å². The van der Waals surface area contributed by atoms with E-state index in [1.54, 1.807) is 23.5 Å². The highest BCUT2D eigenvalue weighted by Gasteiger charge is 2.43. The summed E-state index contributed by atoms with van der Waals surface area (Å²) < 4.78 is 18.5. The molecule has 2 saturated heterocycles. The van der Waals surface area contributed by atoms with Gasteiger partial charge >= 0.3 is 6.09 Å². The largest absolute Gasteiger partial charge is 0.440 e. The molecule has 1 aromatic carbocycles. The van der Waals surface area contributed by atoms with Crippen molar-refractivity contribution in [3.63, 3.8) is 0 Å². The Bertz CT molecular complexity index is 749. The molecule has 0 saturated carbocycles. The molecule has 1 spiro atoms. The third kappa shape index (κ3) is 3.14. The fourth-order valence-electron chi connectivity index (χ4n) is 3.38. The van der Waals surface area contributed by atoms with Crippen LogP contribution >= 0.6 is 11.3 Å². The highest BCUT2D eigenvalue weighted by molar-refractivity contribution is 7.09. The van der Waals surface area contributed by atoms with Gasteiger partial charge < -0.3 is 10.1 Å². The number of carbonyl (C=O) groups is 1. The first kappa shape index (κ1) is 15.5. The van der Waals surface area contributed by atoms with E-state index in [2.05, 4.69) is 15.2 Å². The zero-order valence-corrected chi connectivity index (χ0v) is 13.9. The Morgan fingerprint density at radius 3 is 2.96 bits per heavy atom. The number of aromatic nitrogens is 1. The lowest BCUT2D eigenvalue weighted by atomic mass is 9.93. The molecule has 1 aromatic heterocycles. The van der Waals surface area contributed by atoms with Gasteiger partial charge in [0, 0.05) is 17.5 Å². The van der Waals surface area contributed by atoms with Crippen LogP contribution in [-0.4, -0.2) is 41.2 Å². The van der Waals surface area contributed by atoms with Gasteiger partial charge in [0.25, 0.3) is 0 Å². The van der Waals surface area contributed by atoms with Crippen molar-refractivity contribution in [3.8, 4) is 11.3 Å². The molecule has 2 fully saturated rings. The summed E-state index contributed by atoms with van der Waals surface area (Å²) in [5, 5.41) is 5.78. The zero-order valence-electron chi connectivity index (χ0n) is 13.1. The molecule has 0 radical (unpaired) electrons. The molecule has 1 N–H and O–H groups in total. The van der Waals surface area contributed by atoms with E-state index in [0.717, 1.165) is 48.7 Å². The summed E-state index contributed by atoms with van der Waals surface area (Å²) in [6, 6.07) is 6.38. The number of hydrogen-bond acceptors (Lipinski definition) is 5. The van der Waals surface area contributed by atoms with Gasteiger partial charge in [-0.25, -0.2) is 14.2 Å². The lowest BCUT2D eigenvalue weighted by molar-refractivity contribution is -0.0111. The first-order valence-corrected chi connectivity index (χ1v) is 8.89. The van der Waals surface area contributed by atoms with E-state index in [0.29, 0.717) is 6.54 Å². The predicted octanol–water partition coefficient (Wildman–Crippen LogP) is 3.02. The Balaban J connectivity index is 1.44. The predicted molar refractivity (Wildman–Crippen MR) is 89.2 cm³/mol. The van der Waals surface area contributed by atoms with Gasteiger partial charge in [-0.2, -0.15) is 0 Å². The van der Waals surface area contributed by atoms with Crippen molar-refractivity contribution in [1.82, 2.24) is 15.2 Å². The lowest BCUT2D eigenvalue weighted by Gasteiger charge is -2.37. The minimum absolute atomic E-state index is 0.243. The van der Waals surface area contributed by atoms with E-state index < -0.39 is 0 Å². The van der Waals surface area contributed by atoms with Crippen LogP contribution < -0.4 is 5.32 Å². The number of hydrogen-bond donors (Lipinski definition) is 1. The molecule has 2 aliphatic rings. The molecule has 24 heavy (non-hydrogen) atoms. The average Bonchev–Trinajstić information content (AvgIpc) is 3.16. The zero-order chi connectivity index (χ0) is 16.6. The van der Waals surface area contributed by atoms with Gasteiger partial charge in [-0.1, -0.05) is 0 Å². The number of ether oxygens (including phenoxy) is 1. The van der Waals surface area contributed by atoms with E-state index in [-0.39, 0.29) is 17.5 Å². The SMILES string of the molecule is O=C1NC[C@@]2(CCCN(Cc3nc(-c4ccc(F)cc4)cs3)C2)O1. The standard InChI is InChI=1S/C17H18FN3O2S/c18-13-4-2-12(3-5-13)14-9-24-15(20-14)8-21-7-1-6-17(11-21)10-19-16(22)23-17/h2-5,9H,1,6-8,10-11H2,(H,19,22)/t17-/m1/s1. The molecule has 1 atom stereocenters. The van der Waals surface area contributed by atoms with Crippen molar-refractivity contribution >= 4 is 17.4 Å². The van der Waals surface area contributed by atoms with Gasteiger partial charge in [-0.3, -0.25) is 4.90 Å². The highest BCUT2D eigenvalue weighted by Crippen LogP contribution is 2.30. The van der Waals surface area contributed by atoms with Crippen LogP contribution in [0.1, 0.15) is 17.8 Å². The molecular formula is C17H18FN3O2S. The van der Waals surface area contributed by atoms with Gasteiger partial charge in [0.05, 0.1) is 18.8 Å². The Morgan fingerprint density at radius 1 is 1.38 bits per heavy atom.